The number of amides is 1. The maximum atomic E-state index is 13.0. The summed E-state index contributed by atoms with van der Waals surface area (Å²) in [6.07, 6.45) is 5.04. The van der Waals surface area contributed by atoms with Crippen molar-refractivity contribution >= 4 is 5.91 Å². The molecule has 31 heavy (non-hydrogen) atoms. The molecule has 4 rings (SSSR count). The summed E-state index contributed by atoms with van der Waals surface area (Å²) in [6.45, 7) is 3.72. The monoisotopic (exact) mass is 425 g/mol. The normalized spacial score (nSPS) is 22.4. The Labute approximate surface area is 183 Å². The summed E-state index contributed by atoms with van der Waals surface area (Å²) < 4.78 is 16.3. The molecule has 0 N–H and O–H groups in total. The van der Waals surface area contributed by atoms with E-state index in [4.69, 9.17) is 14.2 Å². The number of rotatable bonds is 9. The van der Waals surface area contributed by atoms with E-state index < -0.39 is 6.10 Å². The molecule has 0 bridgehead atoms. The van der Waals surface area contributed by atoms with Gasteiger partial charge in [0.05, 0.1) is 26.4 Å². The van der Waals surface area contributed by atoms with E-state index in [-0.39, 0.29) is 18.0 Å². The number of hydrogen-bond donors (Lipinski definition) is 0. The second-order valence-corrected chi connectivity index (χ2v) is 8.11. The molecule has 2 aliphatic heterocycles. The molecule has 1 aromatic carbocycles. The molecule has 7 heteroatoms. The zero-order valence-electron chi connectivity index (χ0n) is 18.3. The van der Waals surface area contributed by atoms with E-state index >= 15 is 0 Å². The number of nitrogens with zero attached hydrogens (tertiary/aromatic N) is 3. The fourth-order valence-electron chi connectivity index (χ4n) is 4.59. The van der Waals surface area contributed by atoms with Gasteiger partial charge in [-0.25, -0.2) is 0 Å². The maximum Gasteiger partial charge on any atom is 0.255 e. The van der Waals surface area contributed by atoms with E-state index in [0.29, 0.717) is 13.2 Å². The van der Waals surface area contributed by atoms with Crippen molar-refractivity contribution in [3.63, 3.8) is 0 Å². The number of carbonyl (C=O) groups excluding carboxylic acids is 1. The molecule has 2 saturated heterocycles. The highest BCUT2D eigenvalue weighted by Gasteiger charge is 2.52. The SMILES string of the molecule is COCCOC1C(=O)N(C2CCN(Cc3cccc(OC)c3)CC2)C1c1ccncc1. The molecule has 1 amide bonds. The van der Waals surface area contributed by atoms with Crippen LogP contribution in [0.25, 0.3) is 0 Å². The van der Waals surface area contributed by atoms with Crippen molar-refractivity contribution in [2.24, 2.45) is 0 Å². The van der Waals surface area contributed by atoms with Crippen molar-refractivity contribution < 1.29 is 19.0 Å². The van der Waals surface area contributed by atoms with Gasteiger partial charge in [0.15, 0.2) is 6.10 Å². The predicted octanol–water partition coefficient (Wildman–Crippen LogP) is 2.67. The van der Waals surface area contributed by atoms with Crippen LogP contribution >= 0.6 is 0 Å². The molecule has 3 heterocycles. The van der Waals surface area contributed by atoms with Crippen molar-refractivity contribution in [2.45, 2.75) is 37.6 Å². The van der Waals surface area contributed by atoms with Gasteiger partial charge in [-0.2, -0.15) is 0 Å². The molecule has 166 valence electrons. The molecule has 7 nitrogen and oxygen atoms in total. The largest absolute Gasteiger partial charge is 0.497 e. The molecule has 0 radical (unpaired) electrons. The number of piperidine rings is 1. The van der Waals surface area contributed by atoms with Gasteiger partial charge in [0.25, 0.3) is 5.91 Å². The minimum atomic E-state index is -0.438. The number of aromatic nitrogens is 1. The Kier molecular flexibility index (Phi) is 7.17. The Hall–Kier alpha value is -2.48. The highest BCUT2D eigenvalue weighted by molar-refractivity contribution is 5.89. The Bertz CT molecular complexity index is 855. The van der Waals surface area contributed by atoms with E-state index in [0.717, 1.165) is 43.8 Å². The Balaban J connectivity index is 1.38. The average Bonchev–Trinajstić information content (AvgIpc) is 2.81. The van der Waals surface area contributed by atoms with Gasteiger partial charge in [0.1, 0.15) is 5.75 Å². The van der Waals surface area contributed by atoms with Crippen molar-refractivity contribution in [1.82, 2.24) is 14.8 Å². The number of hydrogen-bond acceptors (Lipinski definition) is 6. The standard InChI is InChI=1S/C24H31N3O4/c1-29-14-15-31-23-22(19-6-10-25-11-7-19)27(24(23)28)20-8-12-26(13-9-20)17-18-4-3-5-21(16-18)30-2/h3-7,10-11,16,20,22-23H,8-9,12-15,17H2,1-2H3. The van der Waals surface area contributed by atoms with Gasteiger partial charge >= 0.3 is 0 Å². The third kappa shape index (κ3) is 4.89. The summed E-state index contributed by atoms with van der Waals surface area (Å²) in [5, 5.41) is 0. The fourth-order valence-corrected chi connectivity index (χ4v) is 4.59. The number of likely N-dealkylation sites (tertiary alicyclic amines) is 2. The summed E-state index contributed by atoms with van der Waals surface area (Å²) >= 11 is 0. The molecule has 2 unspecified atom stereocenters. The maximum absolute atomic E-state index is 13.0. The van der Waals surface area contributed by atoms with Crippen LogP contribution < -0.4 is 4.74 Å². The molecule has 2 fully saturated rings. The van der Waals surface area contributed by atoms with Crippen LogP contribution in [-0.4, -0.2) is 73.4 Å². The first-order valence-electron chi connectivity index (χ1n) is 10.9. The zero-order valence-corrected chi connectivity index (χ0v) is 18.3. The Morgan fingerprint density at radius 1 is 1.06 bits per heavy atom. The van der Waals surface area contributed by atoms with E-state index in [2.05, 4.69) is 22.0 Å². The first-order chi connectivity index (χ1) is 15.2. The Morgan fingerprint density at radius 3 is 2.55 bits per heavy atom. The van der Waals surface area contributed by atoms with E-state index in [1.54, 1.807) is 26.6 Å². The number of carbonyl (C=O) groups is 1. The zero-order chi connectivity index (χ0) is 21.6. The van der Waals surface area contributed by atoms with Crippen LogP contribution in [0.2, 0.25) is 0 Å². The van der Waals surface area contributed by atoms with Gasteiger partial charge in [-0.05, 0) is 48.2 Å². The number of ether oxygens (including phenoxy) is 3. The van der Waals surface area contributed by atoms with E-state index in [1.165, 1.54) is 5.56 Å². The number of β-lactam (4-membered cyclic amide) rings is 1. The number of pyridine rings is 1. The molecule has 0 aliphatic carbocycles. The van der Waals surface area contributed by atoms with E-state index in [1.807, 2.05) is 29.2 Å². The van der Waals surface area contributed by atoms with Crippen molar-refractivity contribution in [2.75, 3.05) is 40.5 Å². The van der Waals surface area contributed by atoms with Crippen LogP contribution in [0.15, 0.2) is 48.8 Å². The first kappa shape index (κ1) is 21.7. The lowest BCUT2D eigenvalue weighted by Gasteiger charge is -2.52. The topological polar surface area (TPSA) is 64.1 Å². The van der Waals surface area contributed by atoms with Gasteiger partial charge in [-0.1, -0.05) is 12.1 Å². The lowest BCUT2D eigenvalue weighted by atomic mass is 9.86. The molecule has 2 atom stereocenters. The second kappa shape index (κ2) is 10.2. The molecular weight excluding hydrogens is 394 g/mol. The highest BCUT2D eigenvalue weighted by atomic mass is 16.5. The van der Waals surface area contributed by atoms with Crippen LogP contribution in [0.3, 0.4) is 0 Å². The van der Waals surface area contributed by atoms with Crippen LogP contribution in [0.1, 0.15) is 30.0 Å². The van der Waals surface area contributed by atoms with Crippen molar-refractivity contribution in [1.29, 1.82) is 0 Å². The third-order valence-corrected chi connectivity index (χ3v) is 6.21. The molecule has 2 aliphatic rings. The second-order valence-electron chi connectivity index (χ2n) is 8.11. The quantitative estimate of drug-likeness (QED) is 0.455. The van der Waals surface area contributed by atoms with Crippen molar-refractivity contribution in [3.05, 3.63) is 59.9 Å². The van der Waals surface area contributed by atoms with Gasteiger partial charge in [0, 0.05) is 45.2 Å². The van der Waals surface area contributed by atoms with Crippen LogP contribution in [0.5, 0.6) is 5.75 Å². The van der Waals surface area contributed by atoms with Gasteiger partial charge in [-0.15, -0.1) is 0 Å². The summed E-state index contributed by atoms with van der Waals surface area (Å²) in [6, 6.07) is 12.4. The minimum absolute atomic E-state index is 0.0534. The molecule has 2 aromatic rings. The van der Waals surface area contributed by atoms with Gasteiger partial charge in [0.2, 0.25) is 0 Å². The van der Waals surface area contributed by atoms with Crippen LogP contribution in [0.4, 0.5) is 0 Å². The highest BCUT2D eigenvalue weighted by Crippen LogP contribution is 2.40. The number of methoxy groups -OCH3 is 2. The lowest BCUT2D eigenvalue weighted by Crippen LogP contribution is -2.64. The summed E-state index contributed by atoms with van der Waals surface area (Å²) in [5.74, 6) is 0.974. The minimum Gasteiger partial charge on any atom is -0.497 e. The smallest absolute Gasteiger partial charge is 0.255 e. The molecule has 0 spiro atoms. The molecular formula is C24H31N3O4. The van der Waals surface area contributed by atoms with Gasteiger partial charge in [-0.3, -0.25) is 14.7 Å². The summed E-state index contributed by atoms with van der Waals surface area (Å²) in [7, 11) is 3.33. The fraction of sp³-hybridized carbons (Fsp3) is 0.500. The lowest BCUT2D eigenvalue weighted by molar-refractivity contribution is -0.184. The molecule has 0 saturated carbocycles. The van der Waals surface area contributed by atoms with E-state index in [9.17, 15) is 4.79 Å². The Morgan fingerprint density at radius 2 is 1.84 bits per heavy atom. The third-order valence-electron chi connectivity index (χ3n) is 6.21. The van der Waals surface area contributed by atoms with Crippen LogP contribution in [0, 0.1) is 0 Å². The predicted molar refractivity (Wildman–Crippen MR) is 117 cm³/mol. The van der Waals surface area contributed by atoms with Crippen LogP contribution in [-0.2, 0) is 20.8 Å². The average molecular weight is 426 g/mol. The van der Waals surface area contributed by atoms with Gasteiger partial charge < -0.3 is 19.1 Å². The van der Waals surface area contributed by atoms with Crippen molar-refractivity contribution in [3.8, 4) is 5.75 Å². The summed E-state index contributed by atoms with van der Waals surface area (Å²) in [4.78, 5) is 21.6. The molecule has 1 aromatic heterocycles. The summed E-state index contributed by atoms with van der Waals surface area (Å²) in [5.41, 5.74) is 2.33. The first-order valence-corrected chi connectivity index (χ1v) is 10.9. The number of benzene rings is 1.